The van der Waals surface area contributed by atoms with Gasteiger partial charge in [0.05, 0.1) is 6.54 Å². The molecule has 3 aromatic carbocycles. The summed E-state index contributed by atoms with van der Waals surface area (Å²) < 4.78 is 5.50. The SMILES string of the molecule is Cc1ccccc1C(=C1OC(=O)N(Cc2ccccc2)C1=O)c1ccccc1. The molecule has 0 aromatic heterocycles. The Morgan fingerprint density at radius 3 is 2.11 bits per heavy atom. The van der Waals surface area contributed by atoms with E-state index in [0.717, 1.165) is 27.2 Å². The van der Waals surface area contributed by atoms with Crippen LogP contribution < -0.4 is 0 Å². The molecule has 1 heterocycles. The van der Waals surface area contributed by atoms with Gasteiger partial charge in [0.1, 0.15) is 0 Å². The second kappa shape index (κ2) is 7.53. The minimum Gasteiger partial charge on any atom is -0.403 e. The second-order valence-corrected chi connectivity index (χ2v) is 6.63. The van der Waals surface area contributed by atoms with Crippen LogP contribution in [0.3, 0.4) is 0 Å². The van der Waals surface area contributed by atoms with Crippen LogP contribution in [0, 0.1) is 6.92 Å². The lowest BCUT2D eigenvalue weighted by atomic mass is 9.93. The van der Waals surface area contributed by atoms with Crippen LogP contribution in [0.4, 0.5) is 4.79 Å². The monoisotopic (exact) mass is 369 g/mol. The Morgan fingerprint density at radius 2 is 1.43 bits per heavy atom. The lowest BCUT2D eigenvalue weighted by molar-refractivity contribution is -0.123. The van der Waals surface area contributed by atoms with E-state index in [2.05, 4.69) is 0 Å². The zero-order valence-electron chi connectivity index (χ0n) is 15.5. The number of imide groups is 1. The third-order valence-corrected chi connectivity index (χ3v) is 4.74. The molecular formula is C24H19NO3. The maximum Gasteiger partial charge on any atom is 0.422 e. The molecule has 0 spiro atoms. The van der Waals surface area contributed by atoms with E-state index in [1.807, 2.05) is 91.9 Å². The topological polar surface area (TPSA) is 46.6 Å². The molecule has 0 aliphatic carbocycles. The Balaban J connectivity index is 1.82. The summed E-state index contributed by atoms with van der Waals surface area (Å²) in [7, 11) is 0. The van der Waals surface area contributed by atoms with Crippen molar-refractivity contribution in [1.29, 1.82) is 0 Å². The molecule has 1 aliphatic heterocycles. The minimum atomic E-state index is -0.647. The van der Waals surface area contributed by atoms with Crippen LogP contribution in [0.25, 0.3) is 5.57 Å². The van der Waals surface area contributed by atoms with Crippen LogP contribution in [0.5, 0.6) is 0 Å². The first-order valence-corrected chi connectivity index (χ1v) is 9.08. The Labute approximate surface area is 163 Å². The number of hydrogen-bond acceptors (Lipinski definition) is 3. The maximum absolute atomic E-state index is 13.1. The first-order valence-electron chi connectivity index (χ1n) is 9.08. The molecule has 4 nitrogen and oxygen atoms in total. The quantitative estimate of drug-likeness (QED) is 0.613. The standard InChI is InChI=1S/C24H19NO3/c1-17-10-8-9-15-20(17)21(19-13-6-3-7-14-19)22-23(26)25(24(27)28-22)16-18-11-4-2-5-12-18/h2-15H,16H2,1H3. The van der Waals surface area contributed by atoms with Gasteiger partial charge in [-0.15, -0.1) is 0 Å². The highest BCUT2D eigenvalue weighted by atomic mass is 16.6. The first-order chi connectivity index (χ1) is 13.6. The zero-order chi connectivity index (χ0) is 19.5. The molecule has 4 rings (SSSR count). The summed E-state index contributed by atoms with van der Waals surface area (Å²) in [5, 5.41) is 0. The summed E-state index contributed by atoms with van der Waals surface area (Å²) >= 11 is 0. The van der Waals surface area contributed by atoms with Crippen molar-refractivity contribution in [2.24, 2.45) is 0 Å². The van der Waals surface area contributed by atoms with Crippen LogP contribution in [0.15, 0.2) is 90.7 Å². The first kappa shape index (κ1) is 17.7. The predicted molar refractivity (Wildman–Crippen MR) is 107 cm³/mol. The number of benzene rings is 3. The fraction of sp³-hybridized carbons (Fsp3) is 0.0833. The highest BCUT2D eigenvalue weighted by Gasteiger charge is 2.39. The van der Waals surface area contributed by atoms with Crippen LogP contribution in [-0.2, 0) is 16.1 Å². The molecule has 1 aliphatic rings. The van der Waals surface area contributed by atoms with Crippen molar-refractivity contribution in [1.82, 2.24) is 4.90 Å². The van der Waals surface area contributed by atoms with Crippen LogP contribution in [0.2, 0.25) is 0 Å². The normalized spacial score (nSPS) is 15.5. The zero-order valence-corrected chi connectivity index (χ0v) is 15.5. The average Bonchev–Trinajstić information content (AvgIpc) is 2.99. The van der Waals surface area contributed by atoms with E-state index < -0.39 is 12.0 Å². The molecule has 0 bridgehead atoms. The Bertz CT molecular complexity index is 1060. The number of carbonyl (C=O) groups is 2. The summed E-state index contributed by atoms with van der Waals surface area (Å²) in [6, 6.07) is 26.7. The number of nitrogens with zero attached hydrogens (tertiary/aromatic N) is 1. The van der Waals surface area contributed by atoms with Gasteiger partial charge >= 0.3 is 6.09 Å². The number of hydrogen-bond donors (Lipinski definition) is 0. The third kappa shape index (κ3) is 3.32. The molecule has 0 atom stereocenters. The minimum absolute atomic E-state index is 0.0708. The molecule has 2 amide bonds. The number of aryl methyl sites for hydroxylation is 1. The van der Waals surface area contributed by atoms with Gasteiger partial charge in [0.2, 0.25) is 5.76 Å². The van der Waals surface area contributed by atoms with Gasteiger partial charge in [0, 0.05) is 5.57 Å². The van der Waals surface area contributed by atoms with E-state index >= 15 is 0 Å². The van der Waals surface area contributed by atoms with E-state index in [1.54, 1.807) is 0 Å². The van der Waals surface area contributed by atoms with Gasteiger partial charge in [-0.2, -0.15) is 0 Å². The molecule has 1 fully saturated rings. The molecular weight excluding hydrogens is 350 g/mol. The molecule has 0 saturated carbocycles. The van der Waals surface area contributed by atoms with Crippen LogP contribution in [-0.4, -0.2) is 16.9 Å². The molecule has 1 saturated heterocycles. The number of cyclic esters (lactones) is 1. The van der Waals surface area contributed by atoms with Gasteiger partial charge in [-0.05, 0) is 29.2 Å². The molecule has 0 unspecified atom stereocenters. The predicted octanol–water partition coefficient (Wildman–Crippen LogP) is 4.93. The van der Waals surface area contributed by atoms with E-state index in [0.29, 0.717) is 5.57 Å². The number of carbonyl (C=O) groups excluding carboxylic acids is 2. The Hall–Kier alpha value is -3.66. The number of rotatable bonds is 4. The van der Waals surface area contributed by atoms with Gasteiger partial charge in [-0.25, -0.2) is 9.69 Å². The van der Waals surface area contributed by atoms with Gasteiger partial charge in [0.25, 0.3) is 5.91 Å². The fourth-order valence-electron chi connectivity index (χ4n) is 3.32. The van der Waals surface area contributed by atoms with Gasteiger partial charge in [0.15, 0.2) is 0 Å². The summed E-state index contributed by atoms with van der Waals surface area (Å²) in [6.45, 7) is 2.15. The summed E-state index contributed by atoms with van der Waals surface area (Å²) in [6.07, 6.45) is -0.647. The molecule has 3 aromatic rings. The third-order valence-electron chi connectivity index (χ3n) is 4.74. The van der Waals surface area contributed by atoms with Crippen molar-refractivity contribution < 1.29 is 14.3 Å². The van der Waals surface area contributed by atoms with Gasteiger partial charge in [-0.3, -0.25) is 4.79 Å². The van der Waals surface area contributed by atoms with Crippen molar-refractivity contribution in [3.63, 3.8) is 0 Å². The number of ether oxygens (including phenoxy) is 1. The summed E-state index contributed by atoms with van der Waals surface area (Å²) in [5.74, 6) is -0.350. The number of amides is 2. The van der Waals surface area contributed by atoms with Crippen molar-refractivity contribution in [3.05, 3.63) is 113 Å². The van der Waals surface area contributed by atoms with Crippen LogP contribution >= 0.6 is 0 Å². The summed E-state index contributed by atoms with van der Waals surface area (Å²) in [4.78, 5) is 26.8. The van der Waals surface area contributed by atoms with E-state index in [9.17, 15) is 9.59 Å². The second-order valence-electron chi connectivity index (χ2n) is 6.63. The van der Waals surface area contributed by atoms with Crippen molar-refractivity contribution in [3.8, 4) is 0 Å². The molecule has 0 radical (unpaired) electrons. The van der Waals surface area contributed by atoms with Crippen LogP contribution in [0.1, 0.15) is 22.3 Å². The van der Waals surface area contributed by atoms with Gasteiger partial charge < -0.3 is 4.74 Å². The average molecular weight is 369 g/mol. The fourth-order valence-corrected chi connectivity index (χ4v) is 3.32. The highest BCUT2D eigenvalue weighted by molar-refractivity contribution is 6.13. The van der Waals surface area contributed by atoms with E-state index in [4.69, 9.17) is 4.74 Å². The molecule has 138 valence electrons. The van der Waals surface area contributed by atoms with Crippen molar-refractivity contribution in [2.45, 2.75) is 13.5 Å². The van der Waals surface area contributed by atoms with Gasteiger partial charge in [-0.1, -0.05) is 84.9 Å². The highest BCUT2D eigenvalue weighted by Crippen LogP contribution is 2.34. The Kier molecular flexibility index (Phi) is 4.77. The molecule has 28 heavy (non-hydrogen) atoms. The Morgan fingerprint density at radius 1 is 0.821 bits per heavy atom. The largest absolute Gasteiger partial charge is 0.422 e. The molecule has 4 heteroatoms. The van der Waals surface area contributed by atoms with Crippen molar-refractivity contribution in [2.75, 3.05) is 0 Å². The maximum atomic E-state index is 13.1. The molecule has 0 N–H and O–H groups in total. The lowest BCUT2D eigenvalue weighted by Crippen LogP contribution is -2.28. The van der Waals surface area contributed by atoms with E-state index in [-0.39, 0.29) is 12.3 Å². The van der Waals surface area contributed by atoms with Crippen molar-refractivity contribution >= 4 is 17.6 Å². The summed E-state index contributed by atoms with van der Waals surface area (Å²) in [5.41, 5.74) is 4.19. The van der Waals surface area contributed by atoms with E-state index in [1.165, 1.54) is 0 Å². The smallest absolute Gasteiger partial charge is 0.403 e. The lowest BCUT2D eigenvalue weighted by Gasteiger charge is -2.13.